The SMILES string of the molecule is CC(C)Oc1ccc(CNC(=O)CCc2ccccc2N)c(C(F)(F)F)c1.Cl. The molecule has 0 unspecified atom stereocenters. The number of aryl methyl sites for hydroxylation is 1. The molecule has 0 fully saturated rings. The van der Waals surface area contributed by atoms with Crippen molar-refractivity contribution in [2.75, 3.05) is 5.73 Å². The second kappa shape index (κ2) is 10.2. The van der Waals surface area contributed by atoms with Crippen LogP contribution in [0.15, 0.2) is 42.5 Å². The number of nitrogen functional groups attached to an aromatic ring is 1. The van der Waals surface area contributed by atoms with Crippen molar-refractivity contribution in [3.63, 3.8) is 0 Å². The number of nitrogens with one attached hydrogen (secondary N) is 1. The monoisotopic (exact) mass is 416 g/mol. The zero-order valence-corrected chi connectivity index (χ0v) is 16.5. The Bertz CT molecular complexity index is 795. The molecule has 0 aromatic heterocycles. The highest BCUT2D eigenvalue weighted by Crippen LogP contribution is 2.34. The molecule has 0 heterocycles. The number of anilines is 1. The molecule has 0 aliphatic heterocycles. The second-order valence-electron chi connectivity index (χ2n) is 6.46. The van der Waals surface area contributed by atoms with Gasteiger partial charge in [-0.05, 0) is 49.6 Å². The number of ether oxygens (including phenoxy) is 1. The summed E-state index contributed by atoms with van der Waals surface area (Å²) in [5, 5.41) is 2.54. The number of benzene rings is 2. The van der Waals surface area contributed by atoms with Gasteiger partial charge in [0.05, 0.1) is 11.7 Å². The number of hydrogen-bond donors (Lipinski definition) is 2. The standard InChI is InChI=1S/C20H23F3N2O2.ClH/c1-13(2)27-16-9-7-15(17(11-16)20(21,22)23)12-25-19(26)10-8-14-5-3-4-6-18(14)24;/h3-7,9,11,13H,8,10,12,24H2,1-2H3,(H,25,26);1H. The first-order chi connectivity index (χ1) is 12.7. The van der Waals surface area contributed by atoms with Crippen molar-refractivity contribution in [1.29, 1.82) is 0 Å². The molecule has 3 N–H and O–H groups in total. The van der Waals surface area contributed by atoms with Gasteiger partial charge in [-0.2, -0.15) is 13.2 Å². The van der Waals surface area contributed by atoms with Crippen molar-refractivity contribution < 1.29 is 22.7 Å². The summed E-state index contributed by atoms with van der Waals surface area (Å²) in [6, 6.07) is 10.9. The summed E-state index contributed by atoms with van der Waals surface area (Å²) in [5.74, 6) is -0.194. The Labute approximate surface area is 168 Å². The molecule has 0 spiro atoms. The molecule has 0 radical (unpaired) electrons. The lowest BCUT2D eigenvalue weighted by Gasteiger charge is -2.17. The molecule has 0 aliphatic carbocycles. The van der Waals surface area contributed by atoms with Gasteiger partial charge in [0.2, 0.25) is 5.91 Å². The van der Waals surface area contributed by atoms with Crippen molar-refractivity contribution in [2.24, 2.45) is 0 Å². The molecule has 0 bridgehead atoms. The number of amides is 1. The predicted octanol–water partition coefficient (Wildman–Crippen LogP) is 4.75. The maximum absolute atomic E-state index is 13.3. The maximum Gasteiger partial charge on any atom is 0.416 e. The zero-order chi connectivity index (χ0) is 20.0. The molecule has 2 aromatic carbocycles. The van der Waals surface area contributed by atoms with Gasteiger partial charge in [0.25, 0.3) is 0 Å². The lowest BCUT2D eigenvalue weighted by atomic mass is 10.1. The van der Waals surface area contributed by atoms with Gasteiger partial charge in [0.1, 0.15) is 5.75 Å². The Kier molecular flexibility index (Phi) is 8.63. The molecule has 28 heavy (non-hydrogen) atoms. The number of rotatable bonds is 7. The molecule has 0 saturated heterocycles. The van der Waals surface area contributed by atoms with Crippen LogP contribution in [0.25, 0.3) is 0 Å². The van der Waals surface area contributed by atoms with E-state index in [-0.39, 0.29) is 48.7 Å². The van der Waals surface area contributed by atoms with Gasteiger partial charge in [-0.3, -0.25) is 4.79 Å². The minimum Gasteiger partial charge on any atom is -0.491 e. The molecule has 154 valence electrons. The summed E-state index contributed by atoms with van der Waals surface area (Å²) in [4.78, 5) is 12.0. The third-order valence-electron chi connectivity index (χ3n) is 3.91. The first-order valence-electron chi connectivity index (χ1n) is 8.63. The topological polar surface area (TPSA) is 64.3 Å². The van der Waals surface area contributed by atoms with E-state index in [0.29, 0.717) is 12.1 Å². The van der Waals surface area contributed by atoms with Crippen LogP contribution in [0.1, 0.15) is 37.0 Å². The fraction of sp³-hybridized carbons (Fsp3) is 0.350. The van der Waals surface area contributed by atoms with Crippen LogP contribution in [0, 0.1) is 0 Å². The van der Waals surface area contributed by atoms with E-state index >= 15 is 0 Å². The summed E-state index contributed by atoms with van der Waals surface area (Å²) >= 11 is 0. The van der Waals surface area contributed by atoms with Gasteiger partial charge in [-0.1, -0.05) is 24.3 Å². The number of para-hydroxylation sites is 1. The number of hydrogen-bond acceptors (Lipinski definition) is 3. The summed E-state index contributed by atoms with van der Waals surface area (Å²) in [6.07, 6.45) is -4.20. The van der Waals surface area contributed by atoms with Gasteiger partial charge in [0.15, 0.2) is 0 Å². The Balaban J connectivity index is 0.00000392. The fourth-order valence-electron chi connectivity index (χ4n) is 2.61. The van der Waals surface area contributed by atoms with Crippen LogP contribution in [0.4, 0.5) is 18.9 Å². The van der Waals surface area contributed by atoms with Crippen molar-refractivity contribution >= 4 is 24.0 Å². The zero-order valence-electron chi connectivity index (χ0n) is 15.7. The molecule has 8 heteroatoms. The van der Waals surface area contributed by atoms with Crippen molar-refractivity contribution in [1.82, 2.24) is 5.32 Å². The summed E-state index contributed by atoms with van der Waals surface area (Å²) < 4.78 is 45.3. The lowest BCUT2D eigenvalue weighted by Crippen LogP contribution is -2.25. The molecule has 1 amide bonds. The smallest absolute Gasteiger partial charge is 0.416 e. The van der Waals surface area contributed by atoms with Crippen LogP contribution in [0.2, 0.25) is 0 Å². The van der Waals surface area contributed by atoms with E-state index in [0.717, 1.165) is 11.6 Å². The van der Waals surface area contributed by atoms with Crippen molar-refractivity contribution in [2.45, 2.75) is 45.5 Å². The minimum absolute atomic E-state index is 0. The molecule has 0 saturated carbocycles. The second-order valence-corrected chi connectivity index (χ2v) is 6.46. The summed E-state index contributed by atoms with van der Waals surface area (Å²) in [5.41, 5.74) is 6.42. The van der Waals surface area contributed by atoms with Gasteiger partial charge in [-0.15, -0.1) is 12.4 Å². The van der Waals surface area contributed by atoms with Crippen LogP contribution in [-0.2, 0) is 23.9 Å². The first kappa shape index (κ1) is 23.6. The van der Waals surface area contributed by atoms with E-state index in [1.807, 2.05) is 12.1 Å². The normalized spacial score (nSPS) is 11.1. The highest BCUT2D eigenvalue weighted by molar-refractivity contribution is 5.85. The third kappa shape index (κ3) is 6.96. The molecule has 2 aromatic rings. The number of alkyl halides is 3. The van der Waals surface area contributed by atoms with Crippen LogP contribution >= 0.6 is 12.4 Å². The van der Waals surface area contributed by atoms with E-state index in [1.54, 1.807) is 26.0 Å². The van der Waals surface area contributed by atoms with Crippen molar-refractivity contribution in [3.05, 3.63) is 59.2 Å². The molecule has 4 nitrogen and oxygen atoms in total. The highest BCUT2D eigenvalue weighted by Gasteiger charge is 2.33. The van der Waals surface area contributed by atoms with Gasteiger partial charge < -0.3 is 15.8 Å². The lowest BCUT2D eigenvalue weighted by molar-refractivity contribution is -0.138. The van der Waals surface area contributed by atoms with E-state index < -0.39 is 11.7 Å². The summed E-state index contributed by atoms with van der Waals surface area (Å²) in [6.45, 7) is 3.27. The third-order valence-corrected chi connectivity index (χ3v) is 3.91. The van der Waals surface area contributed by atoms with Crippen LogP contribution in [0.5, 0.6) is 5.75 Å². The average Bonchev–Trinajstić information content (AvgIpc) is 2.58. The minimum atomic E-state index is -4.53. The van der Waals surface area contributed by atoms with E-state index in [2.05, 4.69) is 5.32 Å². The molecule has 0 aliphatic rings. The predicted molar refractivity (Wildman–Crippen MR) is 105 cm³/mol. The van der Waals surface area contributed by atoms with E-state index in [4.69, 9.17) is 10.5 Å². The molecular weight excluding hydrogens is 393 g/mol. The largest absolute Gasteiger partial charge is 0.491 e. The molecule has 0 atom stereocenters. The quantitative estimate of drug-likeness (QED) is 0.640. The Hall–Kier alpha value is -2.41. The van der Waals surface area contributed by atoms with Gasteiger partial charge in [0, 0.05) is 18.7 Å². The Morgan fingerprint density at radius 1 is 1.14 bits per heavy atom. The van der Waals surface area contributed by atoms with Gasteiger partial charge >= 0.3 is 6.18 Å². The number of nitrogens with two attached hydrogens (primary N) is 1. The Morgan fingerprint density at radius 2 is 1.82 bits per heavy atom. The van der Waals surface area contributed by atoms with Gasteiger partial charge in [-0.25, -0.2) is 0 Å². The number of carbonyl (C=O) groups is 1. The first-order valence-corrected chi connectivity index (χ1v) is 8.63. The Morgan fingerprint density at radius 3 is 2.43 bits per heavy atom. The maximum atomic E-state index is 13.3. The van der Waals surface area contributed by atoms with E-state index in [9.17, 15) is 18.0 Å². The van der Waals surface area contributed by atoms with Crippen LogP contribution in [-0.4, -0.2) is 12.0 Å². The van der Waals surface area contributed by atoms with Crippen LogP contribution in [0.3, 0.4) is 0 Å². The average molecular weight is 417 g/mol. The highest BCUT2D eigenvalue weighted by atomic mass is 35.5. The molecule has 2 rings (SSSR count). The molecular formula is C20H24ClF3N2O2. The summed E-state index contributed by atoms with van der Waals surface area (Å²) in [7, 11) is 0. The van der Waals surface area contributed by atoms with Crippen LogP contribution < -0.4 is 15.8 Å². The number of halogens is 4. The fourth-order valence-corrected chi connectivity index (χ4v) is 2.61. The van der Waals surface area contributed by atoms with Crippen molar-refractivity contribution in [3.8, 4) is 5.75 Å². The van der Waals surface area contributed by atoms with E-state index in [1.165, 1.54) is 12.1 Å². The number of carbonyl (C=O) groups excluding carboxylic acids is 1.